The van der Waals surface area contributed by atoms with Crippen LogP contribution in [-0.4, -0.2) is 23.8 Å². The van der Waals surface area contributed by atoms with E-state index in [0.717, 1.165) is 17.5 Å². The molecule has 0 unspecified atom stereocenters. The van der Waals surface area contributed by atoms with Gasteiger partial charge in [-0.1, -0.05) is 11.6 Å². The number of halogens is 1. The van der Waals surface area contributed by atoms with Crippen molar-refractivity contribution in [2.24, 2.45) is 7.05 Å². The molecule has 0 radical (unpaired) electrons. The van der Waals surface area contributed by atoms with Gasteiger partial charge in [-0.2, -0.15) is 0 Å². The fourth-order valence-electron chi connectivity index (χ4n) is 2.48. The van der Waals surface area contributed by atoms with Gasteiger partial charge >= 0.3 is 6.03 Å². The summed E-state index contributed by atoms with van der Waals surface area (Å²) in [5.41, 5.74) is 1.91. The molecule has 1 aliphatic rings. The van der Waals surface area contributed by atoms with Crippen molar-refractivity contribution in [3.8, 4) is 11.5 Å². The minimum atomic E-state index is -0.234. The number of hydrogen-bond donors (Lipinski definition) is 2. The van der Waals surface area contributed by atoms with E-state index in [2.05, 4.69) is 10.6 Å². The Morgan fingerprint density at radius 2 is 1.96 bits per heavy atom. The predicted molar refractivity (Wildman–Crippen MR) is 91.5 cm³/mol. The smallest absolute Gasteiger partial charge is 0.315 e. The summed E-state index contributed by atoms with van der Waals surface area (Å²) in [5, 5.41) is 6.13. The van der Waals surface area contributed by atoms with E-state index in [1.54, 1.807) is 6.07 Å². The van der Waals surface area contributed by atoms with Crippen LogP contribution < -0.4 is 20.1 Å². The lowest BCUT2D eigenvalue weighted by atomic mass is 10.2. The maximum atomic E-state index is 11.9. The number of nitrogens with one attached hydrogen (secondary N) is 2. The normalized spacial score (nSPS) is 13.2. The standard InChI is InChI=1S/C17H20ClN3O3/c1-21-4-3-12(11-21)9-19-17(22)20-10-13-7-14(18)16-15(8-13)23-5-2-6-24-16/h3-4,7-8,11H,2,5-6,9-10H2,1H3,(H2,19,20,22). The third-order valence-electron chi connectivity index (χ3n) is 3.66. The van der Waals surface area contributed by atoms with E-state index >= 15 is 0 Å². The highest BCUT2D eigenvalue weighted by Gasteiger charge is 2.15. The van der Waals surface area contributed by atoms with Gasteiger partial charge in [-0.05, 0) is 29.3 Å². The van der Waals surface area contributed by atoms with Crippen molar-refractivity contribution in [3.05, 3.63) is 46.7 Å². The number of nitrogens with zero attached hydrogens (tertiary/aromatic N) is 1. The summed E-state index contributed by atoms with van der Waals surface area (Å²) in [6, 6.07) is 5.36. The number of aromatic nitrogens is 1. The van der Waals surface area contributed by atoms with Crippen LogP contribution in [0.25, 0.3) is 0 Å². The van der Waals surface area contributed by atoms with Gasteiger partial charge in [-0.15, -0.1) is 0 Å². The second kappa shape index (κ2) is 7.49. The largest absolute Gasteiger partial charge is 0.489 e. The average Bonchev–Trinajstić information content (AvgIpc) is 2.82. The van der Waals surface area contributed by atoms with E-state index in [-0.39, 0.29) is 6.03 Å². The maximum absolute atomic E-state index is 11.9. The monoisotopic (exact) mass is 349 g/mol. The van der Waals surface area contributed by atoms with Gasteiger partial charge in [0.2, 0.25) is 0 Å². The van der Waals surface area contributed by atoms with Crippen molar-refractivity contribution in [3.63, 3.8) is 0 Å². The van der Waals surface area contributed by atoms with E-state index < -0.39 is 0 Å². The second-order valence-electron chi connectivity index (χ2n) is 5.68. The first-order valence-corrected chi connectivity index (χ1v) is 8.20. The SMILES string of the molecule is Cn1ccc(CNC(=O)NCc2cc(Cl)c3c(c2)OCCCO3)c1. The number of fused-ring (bicyclic) bond motifs is 1. The maximum Gasteiger partial charge on any atom is 0.315 e. The van der Waals surface area contributed by atoms with Crippen molar-refractivity contribution in [2.45, 2.75) is 19.5 Å². The average molecular weight is 350 g/mol. The number of aryl methyl sites for hydroxylation is 1. The van der Waals surface area contributed by atoms with Gasteiger partial charge in [0, 0.05) is 39.0 Å². The summed E-state index contributed by atoms with van der Waals surface area (Å²) in [5.74, 6) is 1.20. The molecule has 0 aliphatic carbocycles. The van der Waals surface area contributed by atoms with Crippen LogP contribution in [0.2, 0.25) is 5.02 Å². The summed E-state index contributed by atoms with van der Waals surface area (Å²) in [6.45, 7) is 2.02. The minimum absolute atomic E-state index is 0.234. The number of hydrogen-bond acceptors (Lipinski definition) is 3. The van der Waals surface area contributed by atoms with Crippen molar-refractivity contribution in [1.82, 2.24) is 15.2 Å². The molecule has 0 atom stereocenters. The Morgan fingerprint density at radius 3 is 2.71 bits per heavy atom. The highest BCUT2D eigenvalue weighted by atomic mass is 35.5. The van der Waals surface area contributed by atoms with Crippen LogP contribution in [0.1, 0.15) is 17.5 Å². The van der Waals surface area contributed by atoms with Gasteiger partial charge < -0.3 is 24.7 Å². The van der Waals surface area contributed by atoms with Gasteiger partial charge in [0.15, 0.2) is 11.5 Å². The third-order valence-corrected chi connectivity index (χ3v) is 3.94. The molecule has 24 heavy (non-hydrogen) atoms. The quantitative estimate of drug-likeness (QED) is 0.892. The minimum Gasteiger partial charge on any atom is -0.489 e. The van der Waals surface area contributed by atoms with Crippen LogP contribution in [0, 0.1) is 0 Å². The molecule has 2 aromatic rings. The Morgan fingerprint density at radius 1 is 1.21 bits per heavy atom. The van der Waals surface area contributed by atoms with E-state index in [1.807, 2.05) is 36.1 Å². The molecule has 128 valence electrons. The number of benzene rings is 1. The lowest BCUT2D eigenvalue weighted by Crippen LogP contribution is -2.34. The first kappa shape index (κ1) is 16.5. The number of rotatable bonds is 4. The predicted octanol–water partition coefficient (Wildman–Crippen LogP) is 2.84. The topological polar surface area (TPSA) is 64.5 Å². The summed E-state index contributed by atoms with van der Waals surface area (Å²) < 4.78 is 13.2. The molecule has 0 spiro atoms. The van der Waals surface area contributed by atoms with E-state index in [9.17, 15) is 4.79 Å². The molecule has 2 N–H and O–H groups in total. The van der Waals surface area contributed by atoms with Crippen LogP contribution in [-0.2, 0) is 20.1 Å². The molecule has 7 heteroatoms. The molecule has 3 rings (SSSR count). The number of amides is 2. The van der Waals surface area contributed by atoms with E-state index in [4.69, 9.17) is 21.1 Å². The van der Waals surface area contributed by atoms with Gasteiger partial charge in [0.25, 0.3) is 0 Å². The molecule has 0 bridgehead atoms. The molecule has 1 aromatic carbocycles. The molecule has 1 aromatic heterocycles. The number of ether oxygens (including phenoxy) is 2. The lowest BCUT2D eigenvalue weighted by Gasteiger charge is -2.12. The van der Waals surface area contributed by atoms with Crippen LogP contribution in [0.3, 0.4) is 0 Å². The van der Waals surface area contributed by atoms with Crippen LogP contribution in [0.15, 0.2) is 30.6 Å². The zero-order valence-corrected chi connectivity index (χ0v) is 14.2. The molecular formula is C17H20ClN3O3. The number of carbonyl (C=O) groups is 1. The summed E-state index contributed by atoms with van der Waals surface area (Å²) in [6.07, 6.45) is 4.72. The zero-order valence-electron chi connectivity index (χ0n) is 13.5. The molecule has 1 aliphatic heterocycles. The molecule has 2 amide bonds. The van der Waals surface area contributed by atoms with Gasteiger partial charge in [0.1, 0.15) is 0 Å². The Hall–Kier alpha value is -2.34. The van der Waals surface area contributed by atoms with Crippen LogP contribution in [0.4, 0.5) is 4.79 Å². The zero-order chi connectivity index (χ0) is 16.9. The Bertz CT molecular complexity index is 730. The van der Waals surface area contributed by atoms with Crippen molar-refractivity contribution in [1.29, 1.82) is 0 Å². The molecule has 0 fully saturated rings. The van der Waals surface area contributed by atoms with Crippen molar-refractivity contribution >= 4 is 17.6 Å². The van der Waals surface area contributed by atoms with Crippen molar-refractivity contribution < 1.29 is 14.3 Å². The van der Waals surface area contributed by atoms with Gasteiger partial charge in [-0.25, -0.2) is 4.79 Å². The van der Waals surface area contributed by atoms with E-state index in [1.165, 1.54) is 0 Å². The third kappa shape index (κ3) is 4.14. The second-order valence-corrected chi connectivity index (χ2v) is 6.08. The molecule has 0 saturated carbocycles. The summed E-state index contributed by atoms with van der Waals surface area (Å²) in [7, 11) is 1.94. The highest BCUT2D eigenvalue weighted by Crippen LogP contribution is 2.37. The fourth-order valence-corrected chi connectivity index (χ4v) is 2.77. The van der Waals surface area contributed by atoms with Crippen molar-refractivity contribution in [2.75, 3.05) is 13.2 Å². The number of carbonyl (C=O) groups excluding carboxylic acids is 1. The van der Waals surface area contributed by atoms with Crippen LogP contribution in [0.5, 0.6) is 11.5 Å². The summed E-state index contributed by atoms with van der Waals surface area (Å²) >= 11 is 6.24. The molecule has 2 heterocycles. The molecule has 0 saturated heterocycles. The van der Waals surface area contributed by atoms with E-state index in [0.29, 0.717) is 42.8 Å². The Kier molecular flexibility index (Phi) is 5.15. The van der Waals surface area contributed by atoms with Crippen LogP contribution >= 0.6 is 11.6 Å². The highest BCUT2D eigenvalue weighted by molar-refractivity contribution is 6.32. The lowest BCUT2D eigenvalue weighted by molar-refractivity contribution is 0.240. The van der Waals surface area contributed by atoms with Gasteiger partial charge in [0.05, 0.1) is 18.2 Å². The first-order chi connectivity index (χ1) is 11.6. The first-order valence-electron chi connectivity index (χ1n) is 7.82. The summed E-state index contributed by atoms with van der Waals surface area (Å²) in [4.78, 5) is 11.9. The molecule has 6 nitrogen and oxygen atoms in total. The fraction of sp³-hybridized carbons (Fsp3) is 0.353. The Labute approximate surface area is 145 Å². The Balaban J connectivity index is 1.55. The van der Waals surface area contributed by atoms with Gasteiger partial charge in [-0.3, -0.25) is 0 Å². The number of urea groups is 1. The molecular weight excluding hydrogens is 330 g/mol.